The number of rotatable bonds is 4. The van der Waals surface area contributed by atoms with E-state index >= 15 is 0 Å². The summed E-state index contributed by atoms with van der Waals surface area (Å²) in [4.78, 5) is 0. The Morgan fingerprint density at radius 3 is 2.75 bits per heavy atom. The topological polar surface area (TPSA) is 52.5 Å². The van der Waals surface area contributed by atoms with E-state index in [-0.39, 0.29) is 19.1 Å². The van der Waals surface area contributed by atoms with Crippen LogP contribution in [-0.4, -0.2) is 24.1 Å². The highest BCUT2D eigenvalue weighted by Gasteiger charge is 2.42. The lowest BCUT2D eigenvalue weighted by atomic mass is 9.95. The van der Waals surface area contributed by atoms with Crippen molar-refractivity contribution >= 4 is 21.6 Å². The average Bonchev–Trinajstić information content (AvgIpc) is 3.46. The number of benzene rings is 3. The van der Waals surface area contributed by atoms with Crippen LogP contribution in [0.4, 0.5) is 0 Å². The summed E-state index contributed by atoms with van der Waals surface area (Å²) in [5, 5.41) is 7.11. The lowest BCUT2D eigenvalue weighted by molar-refractivity contribution is -0.0206. The van der Waals surface area contributed by atoms with Crippen molar-refractivity contribution in [2.24, 2.45) is 5.10 Å². The fraction of sp³-hybridized carbons (Fsp3) is 0.240. The van der Waals surface area contributed by atoms with Crippen LogP contribution in [0.25, 0.3) is 0 Å². The minimum atomic E-state index is -0.386. The summed E-state index contributed by atoms with van der Waals surface area (Å²) < 4.78 is 24.5. The molecule has 3 aliphatic rings. The van der Waals surface area contributed by atoms with E-state index in [0.717, 1.165) is 56.3 Å². The van der Waals surface area contributed by atoms with E-state index in [1.54, 1.807) is 0 Å². The Morgan fingerprint density at radius 2 is 1.84 bits per heavy atom. The fourth-order valence-electron chi connectivity index (χ4n) is 4.49. The zero-order chi connectivity index (χ0) is 21.7. The molecule has 0 spiro atoms. The third kappa shape index (κ3) is 3.19. The summed E-state index contributed by atoms with van der Waals surface area (Å²) in [6.07, 6.45) is 0.377. The molecule has 2 unspecified atom stereocenters. The van der Waals surface area contributed by atoms with Gasteiger partial charge in [0, 0.05) is 22.0 Å². The molecule has 0 saturated heterocycles. The van der Waals surface area contributed by atoms with Gasteiger partial charge in [0.2, 0.25) is 13.0 Å². The molecule has 3 aliphatic heterocycles. The molecule has 0 N–H and O–H groups in total. The van der Waals surface area contributed by atoms with Gasteiger partial charge in [0.05, 0.1) is 23.9 Å². The number of nitrogens with zero attached hydrogens (tertiary/aromatic N) is 2. The third-order valence-electron chi connectivity index (χ3n) is 5.94. The fourth-order valence-corrected chi connectivity index (χ4v) is 4.86. The molecule has 7 heteroatoms. The van der Waals surface area contributed by atoms with E-state index in [9.17, 15) is 0 Å². The molecule has 3 heterocycles. The minimum Gasteiger partial charge on any atom is -0.493 e. The van der Waals surface area contributed by atoms with E-state index in [2.05, 4.69) is 27.0 Å². The van der Waals surface area contributed by atoms with Gasteiger partial charge in [0.1, 0.15) is 11.5 Å². The van der Waals surface area contributed by atoms with E-state index in [1.165, 1.54) is 0 Å². The molecule has 6 nitrogen and oxygen atoms in total. The zero-order valence-electron chi connectivity index (χ0n) is 17.5. The van der Waals surface area contributed by atoms with Crippen LogP contribution in [0.2, 0.25) is 0 Å². The Balaban J connectivity index is 1.45. The molecule has 3 aromatic rings. The maximum atomic E-state index is 6.51. The van der Waals surface area contributed by atoms with E-state index < -0.39 is 0 Å². The third-order valence-corrected chi connectivity index (χ3v) is 6.44. The van der Waals surface area contributed by atoms with Crippen molar-refractivity contribution in [3.63, 3.8) is 0 Å². The predicted octanol–water partition coefficient (Wildman–Crippen LogP) is 5.82. The lowest BCUT2D eigenvalue weighted by Gasteiger charge is -2.38. The highest BCUT2D eigenvalue weighted by molar-refractivity contribution is 9.10. The molecular weight excluding hydrogens is 472 g/mol. The first-order valence-electron chi connectivity index (χ1n) is 10.6. The van der Waals surface area contributed by atoms with Crippen molar-refractivity contribution in [1.29, 1.82) is 0 Å². The first-order chi connectivity index (χ1) is 15.7. The number of fused-ring (bicyclic) bond motifs is 4. The molecule has 162 valence electrons. The van der Waals surface area contributed by atoms with E-state index in [1.807, 2.05) is 61.5 Å². The Hall–Kier alpha value is -3.19. The Bertz CT molecular complexity index is 1230. The van der Waals surface area contributed by atoms with Crippen LogP contribution in [0.15, 0.2) is 70.2 Å². The van der Waals surface area contributed by atoms with Gasteiger partial charge in [0.15, 0.2) is 11.5 Å². The molecule has 0 aromatic heterocycles. The molecule has 0 amide bonds. The molecule has 2 atom stereocenters. The van der Waals surface area contributed by atoms with Crippen molar-refractivity contribution in [1.82, 2.24) is 5.01 Å². The monoisotopic (exact) mass is 492 g/mol. The average molecular weight is 493 g/mol. The molecule has 3 aromatic carbocycles. The summed E-state index contributed by atoms with van der Waals surface area (Å²) in [5.74, 6) is 3.21. The van der Waals surface area contributed by atoms with Crippen LogP contribution >= 0.6 is 15.9 Å². The quantitative estimate of drug-likeness (QED) is 0.459. The second kappa shape index (κ2) is 7.74. The molecule has 0 radical (unpaired) electrons. The number of hydrogen-bond donors (Lipinski definition) is 0. The number of halogens is 1. The molecular formula is C25H21BrN2O4. The van der Waals surface area contributed by atoms with Crippen molar-refractivity contribution in [3.8, 4) is 23.0 Å². The number of hydrogen-bond acceptors (Lipinski definition) is 6. The minimum absolute atomic E-state index is 0.0522. The highest BCUT2D eigenvalue weighted by atomic mass is 79.9. The van der Waals surface area contributed by atoms with E-state index in [4.69, 9.17) is 24.0 Å². The summed E-state index contributed by atoms with van der Waals surface area (Å²) in [5.41, 5.74) is 4.09. The largest absolute Gasteiger partial charge is 0.493 e. The van der Waals surface area contributed by atoms with Crippen LogP contribution in [0.1, 0.15) is 42.3 Å². The van der Waals surface area contributed by atoms with Gasteiger partial charge in [-0.15, -0.1) is 0 Å². The van der Waals surface area contributed by atoms with Gasteiger partial charge < -0.3 is 18.9 Å². The number of ether oxygens (including phenoxy) is 4. The van der Waals surface area contributed by atoms with Gasteiger partial charge in [-0.2, -0.15) is 5.10 Å². The van der Waals surface area contributed by atoms with Crippen LogP contribution in [0, 0.1) is 0 Å². The maximum Gasteiger partial charge on any atom is 0.231 e. The second-order valence-corrected chi connectivity index (χ2v) is 8.75. The lowest BCUT2D eigenvalue weighted by Crippen LogP contribution is -2.34. The summed E-state index contributed by atoms with van der Waals surface area (Å²) in [6.45, 7) is 2.83. The van der Waals surface area contributed by atoms with Crippen molar-refractivity contribution in [2.75, 3.05) is 13.4 Å². The summed E-state index contributed by atoms with van der Waals surface area (Å²) >= 11 is 3.61. The van der Waals surface area contributed by atoms with Crippen molar-refractivity contribution < 1.29 is 18.9 Å². The van der Waals surface area contributed by atoms with Gasteiger partial charge in [-0.25, -0.2) is 5.01 Å². The van der Waals surface area contributed by atoms with Crippen molar-refractivity contribution in [3.05, 3.63) is 81.8 Å². The van der Waals surface area contributed by atoms with Gasteiger partial charge in [0.25, 0.3) is 0 Å². The molecule has 0 fully saturated rings. The van der Waals surface area contributed by atoms with Crippen LogP contribution in [0.5, 0.6) is 23.0 Å². The van der Waals surface area contributed by atoms with Crippen LogP contribution in [0.3, 0.4) is 0 Å². The van der Waals surface area contributed by atoms with Crippen LogP contribution < -0.4 is 18.9 Å². The van der Waals surface area contributed by atoms with Gasteiger partial charge in [-0.05, 0) is 55.5 Å². The maximum absolute atomic E-state index is 6.51. The van der Waals surface area contributed by atoms with Crippen LogP contribution in [-0.2, 0) is 0 Å². The Morgan fingerprint density at radius 1 is 1.00 bits per heavy atom. The van der Waals surface area contributed by atoms with Gasteiger partial charge in [-0.3, -0.25) is 0 Å². The second-order valence-electron chi connectivity index (χ2n) is 7.84. The Kier molecular flexibility index (Phi) is 4.72. The Labute approximate surface area is 194 Å². The highest BCUT2D eigenvalue weighted by Crippen LogP contribution is 2.49. The van der Waals surface area contributed by atoms with Crippen molar-refractivity contribution in [2.45, 2.75) is 25.6 Å². The standard InChI is InChI=1S/C25H21BrN2O4/c1-2-29-21-6-4-3-5-17(21)25-28-20(18-12-16(26)8-10-22(18)32-25)13-19(27-28)15-7-9-23-24(11-15)31-14-30-23/h3-12,20,25H,2,13-14H2,1H3. The molecule has 6 rings (SSSR count). The molecule has 0 bridgehead atoms. The number of hydrazone groups is 1. The first kappa shape index (κ1) is 19.5. The summed E-state index contributed by atoms with van der Waals surface area (Å²) in [6, 6.07) is 20.2. The normalized spacial score (nSPS) is 20.3. The molecule has 0 aliphatic carbocycles. The SMILES string of the molecule is CCOc1ccccc1C1Oc2ccc(Br)cc2C2CC(c3ccc4c(c3)OCO4)=NN21. The van der Waals surface area contributed by atoms with E-state index in [0.29, 0.717) is 6.61 Å². The smallest absolute Gasteiger partial charge is 0.231 e. The molecule has 0 saturated carbocycles. The zero-order valence-corrected chi connectivity index (χ0v) is 19.0. The first-order valence-corrected chi connectivity index (χ1v) is 11.4. The predicted molar refractivity (Wildman–Crippen MR) is 123 cm³/mol. The molecule has 32 heavy (non-hydrogen) atoms. The summed E-state index contributed by atoms with van der Waals surface area (Å²) in [7, 11) is 0. The van der Waals surface area contributed by atoms with Gasteiger partial charge >= 0.3 is 0 Å². The van der Waals surface area contributed by atoms with Gasteiger partial charge in [-0.1, -0.05) is 28.1 Å². The number of para-hydroxylation sites is 1.